The predicted octanol–water partition coefficient (Wildman–Crippen LogP) is 2.38. The van der Waals surface area contributed by atoms with Crippen LogP contribution in [-0.2, 0) is 4.74 Å². The van der Waals surface area contributed by atoms with Gasteiger partial charge in [0.1, 0.15) is 5.75 Å². The number of methoxy groups -OCH3 is 1. The molecule has 164 valence electrons. The van der Waals surface area contributed by atoms with Crippen molar-refractivity contribution in [3.63, 3.8) is 0 Å². The average Bonchev–Trinajstić information content (AvgIpc) is 2.85. The Bertz CT molecular complexity index is 1090. The summed E-state index contributed by atoms with van der Waals surface area (Å²) in [6, 6.07) is 16.0. The molecule has 10 nitrogen and oxygen atoms in total. The molecule has 4 rings (SSSR count). The highest BCUT2D eigenvalue weighted by Gasteiger charge is 2.16. The number of carbonyl (C=O) groups excluding carboxylic acids is 1. The van der Waals surface area contributed by atoms with E-state index >= 15 is 0 Å². The molecule has 0 unspecified atom stereocenters. The van der Waals surface area contributed by atoms with Crippen molar-refractivity contribution in [3.8, 4) is 11.8 Å². The second kappa shape index (κ2) is 10.3. The van der Waals surface area contributed by atoms with Gasteiger partial charge in [-0.25, -0.2) is 10.2 Å². The lowest BCUT2D eigenvalue weighted by molar-refractivity contribution is 0.0734. The van der Waals surface area contributed by atoms with Crippen LogP contribution in [0.4, 0.5) is 11.9 Å². The van der Waals surface area contributed by atoms with Crippen LogP contribution in [0.5, 0.6) is 11.8 Å². The van der Waals surface area contributed by atoms with Crippen molar-refractivity contribution in [2.75, 3.05) is 43.7 Å². The van der Waals surface area contributed by atoms with Gasteiger partial charge in [0.05, 0.1) is 32.1 Å². The maximum Gasteiger partial charge on any atom is 0.343 e. The molecule has 1 N–H and O–H groups in total. The minimum absolute atomic E-state index is 0.189. The summed E-state index contributed by atoms with van der Waals surface area (Å²) in [7, 11) is 1.49. The first-order valence-electron chi connectivity index (χ1n) is 10.0. The number of carbonyl (C=O) groups is 1. The van der Waals surface area contributed by atoms with E-state index < -0.39 is 5.97 Å². The minimum atomic E-state index is -0.425. The van der Waals surface area contributed by atoms with Crippen molar-refractivity contribution >= 4 is 24.1 Å². The second-order valence-electron chi connectivity index (χ2n) is 6.74. The Labute approximate surface area is 184 Å². The number of nitrogens with zero attached hydrogens (tertiary/aromatic N) is 5. The van der Waals surface area contributed by atoms with Crippen LogP contribution in [0.25, 0.3) is 0 Å². The first-order chi connectivity index (χ1) is 15.7. The lowest BCUT2D eigenvalue weighted by Crippen LogP contribution is -2.37. The molecule has 1 fully saturated rings. The van der Waals surface area contributed by atoms with E-state index in [1.807, 2.05) is 17.0 Å². The molecular formula is C22H22N6O4. The van der Waals surface area contributed by atoms with Crippen LogP contribution < -0.4 is 19.8 Å². The Hall–Kier alpha value is -4.05. The lowest BCUT2D eigenvalue weighted by atomic mass is 10.2. The van der Waals surface area contributed by atoms with E-state index in [0.717, 1.165) is 5.56 Å². The third-order valence-electron chi connectivity index (χ3n) is 4.54. The fourth-order valence-corrected chi connectivity index (χ4v) is 2.96. The van der Waals surface area contributed by atoms with Gasteiger partial charge in [0, 0.05) is 13.1 Å². The Balaban J connectivity index is 1.42. The topological polar surface area (TPSA) is 111 Å². The van der Waals surface area contributed by atoms with Gasteiger partial charge in [-0.1, -0.05) is 30.3 Å². The summed E-state index contributed by atoms with van der Waals surface area (Å²) in [6.45, 7) is 2.59. The van der Waals surface area contributed by atoms with Crippen LogP contribution in [0.2, 0.25) is 0 Å². The molecule has 3 aromatic rings. The van der Waals surface area contributed by atoms with Crippen LogP contribution in [0.3, 0.4) is 0 Å². The molecular weight excluding hydrogens is 412 g/mol. The van der Waals surface area contributed by atoms with E-state index in [4.69, 9.17) is 14.2 Å². The van der Waals surface area contributed by atoms with Crippen molar-refractivity contribution < 1.29 is 19.0 Å². The monoisotopic (exact) mass is 434 g/mol. The first kappa shape index (κ1) is 21.2. The lowest BCUT2D eigenvalue weighted by Gasteiger charge is -2.26. The fraction of sp³-hybridized carbons (Fsp3) is 0.227. The smallest absolute Gasteiger partial charge is 0.343 e. The van der Waals surface area contributed by atoms with Crippen molar-refractivity contribution in [1.29, 1.82) is 0 Å². The number of nitrogens with one attached hydrogen (secondary N) is 1. The highest BCUT2D eigenvalue weighted by molar-refractivity contribution is 5.91. The van der Waals surface area contributed by atoms with E-state index in [0.29, 0.717) is 43.6 Å². The van der Waals surface area contributed by atoms with E-state index in [9.17, 15) is 4.79 Å². The van der Waals surface area contributed by atoms with Crippen LogP contribution in [0.15, 0.2) is 59.7 Å². The molecule has 1 aromatic heterocycles. The molecule has 0 spiro atoms. The zero-order chi connectivity index (χ0) is 22.2. The predicted molar refractivity (Wildman–Crippen MR) is 118 cm³/mol. The second-order valence-corrected chi connectivity index (χ2v) is 6.74. The maximum atomic E-state index is 12.2. The third kappa shape index (κ3) is 5.55. The molecule has 0 saturated carbocycles. The number of hydrazone groups is 1. The minimum Gasteiger partial charge on any atom is -0.467 e. The molecule has 10 heteroatoms. The van der Waals surface area contributed by atoms with Crippen molar-refractivity contribution in [2.24, 2.45) is 5.10 Å². The molecule has 0 bridgehead atoms. The average molecular weight is 434 g/mol. The van der Waals surface area contributed by atoms with Gasteiger partial charge in [-0.2, -0.15) is 20.1 Å². The largest absolute Gasteiger partial charge is 0.467 e. The van der Waals surface area contributed by atoms with Gasteiger partial charge in [-0.05, 0) is 29.8 Å². The molecule has 1 aliphatic rings. The van der Waals surface area contributed by atoms with Gasteiger partial charge < -0.3 is 19.1 Å². The standard InChI is InChI=1S/C22H22N6O4/c1-30-22-25-20(24-21(26-22)28-10-12-31-13-11-28)27-23-15-16-6-5-9-18(14-16)32-19(29)17-7-3-2-4-8-17/h2-9,14-15H,10-13H2,1H3,(H,24,25,26,27)/b23-15-. The summed E-state index contributed by atoms with van der Waals surface area (Å²) < 4.78 is 16.0. The number of anilines is 2. The quantitative estimate of drug-likeness (QED) is 0.259. The Morgan fingerprint density at radius 1 is 1.09 bits per heavy atom. The molecule has 0 amide bonds. The molecule has 1 saturated heterocycles. The van der Waals surface area contributed by atoms with Crippen molar-refractivity contribution in [2.45, 2.75) is 0 Å². The molecule has 0 atom stereocenters. The summed E-state index contributed by atoms with van der Waals surface area (Å²) in [5.74, 6) is 0.735. The Kier molecular flexibility index (Phi) is 6.83. The normalized spacial score (nSPS) is 13.7. The SMILES string of the molecule is COc1nc(N/N=C\c2cccc(OC(=O)c3ccccc3)c2)nc(N2CCOCC2)n1. The number of hydrogen-bond donors (Lipinski definition) is 1. The van der Waals surface area contributed by atoms with Gasteiger partial charge in [-0.15, -0.1) is 0 Å². The van der Waals surface area contributed by atoms with Crippen molar-refractivity contribution in [1.82, 2.24) is 15.0 Å². The molecule has 32 heavy (non-hydrogen) atoms. The number of rotatable bonds is 7. The van der Waals surface area contributed by atoms with Crippen molar-refractivity contribution in [3.05, 3.63) is 65.7 Å². The number of ether oxygens (including phenoxy) is 3. The molecule has 0 radical (unpaired) electrons. The van der Waals surface area contributed by atoms with Crippen LogP contribution >= 0.6 is 0 Å². The van der Waals surface area contributed by atoms with E-state index in [1.54, 1.807) is 48.7 Å². The Morgan fingerprint density at radius 2 is 1.91 bits per heavy atom. The van der Waals surface area contributed by atoms with Crippen LogP contribution in [-0.4, -0.2) is 60.5 Å². The number of hydrogen-bond acceptors (Lipinski definition) is 10. The van der Waals surface area contributed by atoms with E-state index in [2.05, 4.69) is 25.5 Å². The van der Waals surface area contributed by atoms with E-state index in [-0.39, 0.29) is 12.0 Å². The summed E-state index contributed by atoms with van der Waals surface area (Å²) >= 11 is 0. The van der Waals surface area contributed by atoms with Gasteiger partial charge in [0.25, 0.3) is 5.95 Å². The van der Waals surface area contributed by atoms with E-state index in [1.165, 1.54) is 7.11 Å². The van der Waals surface area contributed by atoms with Gasteiger partial charge in [-0.3, -0.25) is 0 Å². The zero-order valence-electron chi connectivity index (χ0n) is 17.5. The molecule has 2 aromatic carbocycles. The number of esters is 1. The first-order valence-corrected chi connectivity index (χ1v) is 10.0. The van der Waals surface area contributed by atoms with Gasteiger partial charge >= 0.3 is 12.0 Å². The highest BCUT2D eigenvalue weighted by atomic mass is 16.5. The van der Waals surface area contributed by atoms with Crippen LogP contribution in [0, 0.1) is 0 Å². The molecule has 0 aliphatic carbocycles. The Morgan fingerprint density at radius 3 is 2.69 bits per heavy atom. The highest BCUT2D eigenvalue weighted by Crippen LogP contribution is 2.17. The molecule has 2 heterocycles. The molecule has 1 aliphatic heterocycles. The number of benzene rings is 2. The maximum absolute atomic E-state index is 12.2. The zero-order valence-corrected chi connectivity index (χ0v) is 17.5. The van der Waals surface area contributed by atoms with Crippen LogP contribution in [0.1, 0.15) is 15.9 Å². The summed E-state index contributed by atoms with van der Waals surface area (Å²) in [5, 5.41) is 4.18. The summed E-state index contributed by atoms with van der Waals surface area (Å²) in [4.78, 5) is 27.1. The van der Waals surface area contributed by atoms with Gasteiger partial charge in [0.15, 0.2) is 0 Å². The fourth-order valence-electron chi connectivity index (χ4n) is 2.96. The third-order valence-corrected chi connectivity index (χ3v) is 4.54. The number of aromatic nitrogens is 3. The summed E-state index contributed by atoms with van der Waals surface area (Å²) in [6.07, 6.45) is 1.57. The number of morpholine rings is 1. The summed E-state index contributed by atoms with van der Waals surface area (Å²) in [5.41, 5.74) is 4.00. The van der Waals surface area contributed by atoms with Gasteiger partial charge in [0.2, 0.25) is 5.95 Å².